The minimum atomic E-state index is -0.829. The average Bonchev–Trinajstić information content (AvgIpc) is 2.85. The van der Waals surface area contributed by atoms with Crippen molar-refractivity contribution in [3.05, 3.63) is 92.4 Å². The second-order valence-corrected chi connectivity index (χ2v) is 9.10. The Kier molecular flexibility index (Phi) is 7.76. The van der Waals surface area contributed by atoms with Gasteiger partial charge in [-0.1, -0.05) is 45.7 Å². The normalized spacial score (nSPS) is 14.7. The van der Waals surface area contributed by atoms with Crippen molar-refractivity contribution in [2.24, 2.45) is 0 Å². The number of hydrogen-bond donors (Lipinski definition) is 1. The van der Waals surface area contributed by atoms with Gasteiger partial charge in [-0.05, 0) is 66.6 Å². The van der Waals surface area contributed by atoms with E-state index in [9.17, 15) is 14.4 Å². The van der Waals surface area contributed by atoms with E-state index in [1.54, 1.807) is 36.4 Å². The van der Waals surface area contributed by atoms with E-state index < -0.39 is 17.8 Å². The summed E-state index contributed by atoms with van der Waals surface area (Å²) >= 11 is 10.2. The van der Waals surface area contributed by atoms with Gasteiger partial charge < -0.3 is 9.47 Å². The Morgan fingerprint density at radius 3 is 2.44 bits per heavy atom. The van der Waals surface area contributed by atoms with Crippen molar-refractivity contribution in [1.29, 1.82) is 0 Å². The van der Waals surface area contributed by atoms with Crippen LogP contribution in [0.5, 0.6) is 11.5 Å². The molecule has 4 amide bonds. The van der Waals surface area contributed by atoms with Crippen LogP contribution in [0.1, 0.15) is 23.6 Å². The van der Waals surface area contributed by atoms with Crippen molar-refractivity contribution in [1.82, 2.24) is 5.32 Å². The molecular formula is C27H22BrClN2O5. The van der Waals surface area contributed by atoms with Crippen LogP contribution < -0.4 is 19.7 Å². The van der Waals surface area contributed by atoms with Gasteiger partial charge >= 0.3 is 6.03 Å². The zero-order valence-electron chi connectivity index (χ0n) is 19.5. The maximum atomic E-state index is 13.2. The number of barbiturate groups is 1. The van der Waals surface area contributed by atoms with Crippen LogP contribution in [0.4, 0.5) is 10.5 Å². The third kappa shape index (κ3) is 5.29. The summed E-state index contributed by atoms with van der Waals surface area (Å²) in [5.41, 5.74) is 2.39. The Morgan fingerprint density at radius 1 is 1.06 bits per heavy atom. The minimum absolute atomic E-state index is 0.206. The summed E-state index contributed by atoms with van der Waals surface area (Å²) in [5.74, 6) is -0.433. The number of ether oxygens (including phenoxy) is 2. The zero-order valence-corrected chi connectivity index (χ0v) is 21.9. The van der Waals surface area contributed by atoms with E-state index in [-0.39, 0.29) is 5.57 Å². The van der Waals surface area contributed by atoms with Crippen molar-refractivity contribution < 1.29 is 23.9 Å². The Balaban J connectivity index is 1.71. The number of imide groups is 2. The smallest absolute Gasteiger partial charge is 0.335 e. The molecule has 0 bridgehead atoms. The van der Waals surface area contributed by atoms with Gasteiger partial charge in [0.25, 0.3) is 11.8 Å². The lowest BCUT2D eigenvalue weighted by Crippen LogP contribution is -2.54. The van der Waals surface area contributed by atoms with Gasteiger partial charge in [0.15, 0.2) is 0 Å². The fourth-order valence-corrected chi connectivity index (χ4v) is 4.50. The van der Waals surface area contributed by atoms with Crippen LogP contribution in [0.15, 0.2) is 70.7 Å². The zero-order chi connectivity index (χ0) is 25.8. The molecule has 1 aliphatic rings. The number of halogens is 2. The number of nitrogens with one attached hydrogen (secondary N) is 1. The molecule has 184 valence electrons. The molecule has 1 aliphatic heterocycles. The lowest BCUT2D eigenvalue weighted by molar-refractivity contribution is -0.122. The highest BCUT2D eigenvalue weighted by Gasteiger charge is 2.36. The van der Waals surface area contributed by atoms with E-state index in [1.165, 1.54) is 13.2 Å². The third-order valence-electron chi connectivity index (χ3n) is 5.55. The topological polar surface area (TPSA) is 84.9 Å². The molecule has 3 aromatic carbocycles. The van der Waals surface area contributed by atoms with Crippen molar-refractivity contribution >= 4 is 57.1 Å². The summed E-state index contributed by atoms with van der Waals surface area (Å²) in [6.07, 6.45) is 1.92. The maximum Gasteiger partial charge on any atom is 0.335 e. The monoisotopic (exact) mass is 568 g/mol. The Bertz CT molecular complexity index is 1370. The molecule has 0 aliphatic carbocycles. The molecule has 7 nitrogen and oxygen atoms in total. The number of rotatable bonds is 7. The molecule has 0 radical (unpaired) electrons. The molecule has 1 heterocycles. The van der Waals surface area contributed by atoms with Gasteiger partial charge in [0.05, 0.1) is 19.4 Å². The number of nitrogens with zero attached hydrogens (tertiary/aromatic N) is 1. The van der Waals surface area contributed by atoms with E-state index in [0.29, 0.717) is 40.8 Å². The first-order valence-corrected chi connectivity index (χ1v) is 12.2. The van der Waals surface area contributed by atoms with Gasteiger partial charge in [-0.15, -0.1) is 0 Å². The van der Waals surface area contributed by atoms with Crippen LogP contribution in [-0.2, 0) is 16.0 Å². The number of carbonyl (C=O) groups excluding carboxylic acids is 3. The van der Waals surface area contributed by atoms with Crippen LogP contribution in [0, 0.1) is 0 Å². The molecule has 0 aromatic heterocycles. The average molecular weight is 570 g/mol. The summed E-state index contributed by atoms with van der Waals surface area (Å²) in [4.78, 5) is 39.2. The lowest BCUT2D eigenvalue weighted by atomic mass is 10.00. The Labute approximate surface area is 221 Å². The molecular weight excluding hydrogens is 548 g/mol. The SMILES string of the molecule is CCOc1cc(/C=C2\C(=O)NC(=O)N(c3ccc(OC)cc3)C2=O)cc(Cl)c1Cc1ccccc1Br. The van der Waals surface area contributed by atoms with Crippen LogP contribution in [0.2, 0.25) is 5.02 Å². The van der Waals surface area contributed by atoms with Crippen LogP contribution in [0.25, 0.3) is 6.08 Å². The first-order valence-electron chi connectivity index (χ1n) is 11.1. The first kappa shape index (κ1) is 25.5. The molecule has 36 heavy (non-hydrogen) atoms. The van der Waals surface area contributed by atoms with E-state index in [1.807, 2.05) is 31.2 Å². The van der Waals surface area contributed by atoms with Crippen molar-refractivity contribution in [2.75, 3.05) is 18.6 Å². The summed E-state index contributed by atoms with van der Waals surface area (Å²) in [6.45, 7) is 2.26. The summed E-state index contributed by atoms with van der Waals surface area (Å²) in [6, 6.07) is 16.7. The van der Waals surface area contributed by atoms with E-state index >= 15 is 0 Å². The van der Waals surface area contributed by atoms with Crippen LogP contribution in [-0.4, -0.2) is 31.6 Å². The van der Waals surface area contributed by atoms with Gasteiger partial charge in [-0.25, -0.2) is 9.69 Å². The number of urea groups is 1. The quantitative estimate of drug-likeness (QED) is 0.289. The maximum absolute atomic E-state index is 13.2. The number of amides is 4. The number of carbonyl (C=O) groups is 3. The lowest BCUT2D eigenvalue weighted by Gasteiger charge is -2.26. The Morgan fingerprint density at radius 2 is 1.78 bits per heavy atom. The van der Waals surface area contributed by atoms with E-state index in [0.717, 1.165) is 20.5 Å². The first-order chi connectivity index (χ1) is 17.3. The molecule has 1 saturated heterocycles. The summed E-state index contributed by atoms with van der Waals surface area (Å²) in [5, 5.41) is 2.65. The summed E-state index contributed by atoms with van der Waals surface area (Å²) in [7, 11) is 1.51. The third-order valence-corrected chi connectivity index (χ3v) is 6.66. The molecule has 3 aromatic rings. The molecule has 1 fully saturated rings. The van der Waals surface area contributed by atoms with E-state index in [4.69, 9.17) is 21.1 Å². The molecule has 0 unspecified atom stereocenters. The Hall–Kier alpha value is -3.62. The fraction of sp³-hybridized carbons (Fsp3) is 0.148. The van der Waals surface area contributed by atoms with Gasteiger partial charge in [0.1, 0.15) is 17.1 Å². The van der Waals surface area contributed by atoms with Gasteiger partial charge in [0.2, 0.25) is 0 Å². The molecule has 4 rings (SSSR count). The minimum Gasteiger partial charge on any atom is -0.497 e. The van der Waals surface area contributed by atoms with Gasteiger partial charge in [-0.3, -0.25) is 14.9 Å². The molecule has 9 heteroatoms. The van der Waals surface area contributed by atoms with Gasteiger partial charge in [0, 0.05) is 21.5 Å². The molecule has 0 saturated carbocycles. The van der Waals surface area contributed by atoms with Crippen molar-refractivity contribution in [3.63, 3.8) is 0 Å². The molecule has 1 N–H and O–H groups in total. The largest absolute Gasteiger partial charge is 0.497 e. The highest BCUT2D eigenvalue weighted by atomic mass is 79.9. The van der Waals surface area contributed by atoms with Crippen molar-refractivity contribution in [2.45, 2.75) is 13.3 Å². The van der Waals surface area contributed by atoms with E-state index in [2.05, 4.69) is 21.2 Å². The predicted molar refractivity (Wildman–Crippen MR) is 142 cm³/mol. The van der Waals surface area contributed by atoms with Gasteiger partial charge in [-0.2, -0.15) is 0 Å². The highest BCUT2D eigenvalue weighted by Crippen LogP contribution is 2.34. The molecule has 0 atom stereocenters. The predicted octanol–water partition coefficient (Wildman–Crippen LogP) is 5.77. The number of methoxy groups -OCH3 is 1. The number of benzene rings is 3. The number of anilines is 1. The van der Waals surface area contributed by atoms with Crippen LogP contribution in [0.3, 0.4) is 0 Å². The fourth-order valence-electron chi connectivity index (χ4n) is 3.79. The number of hydrogen-bond acceptors (Lipinski definition) is 5. The standard InChI is InChI=1S/C27H22BrClN2O5/c1-3-36-24-14-16(13-23(29)20(24)15-17-6-4-5-7-22(17)28)12-21-25(32)30-27(34)31(26(21)33)18-8-10-19(35-2)11-9-18/h4-14H,3,15H2,1-2H3,(H,30,32,34)/b21-12+. The second-order valence-electron chi connectivity index (χ2n) is 7.84. The molecule has 0 spiro atoms. The van der Waals surface area contributed by atoms with Crippen LogP contribution >= 0.6 is 27.5 Å². The summed E-state index contributed by atoms with van der Waals surface area (Å²) < 4.78 is 11.9. The van der Waals surface area contributed by atoms with Crippen molar-refractivity contribution in [3.8, 4) is 11.5 Å². The highest BCUT2D eigenvalue weighted by molar-refractivity contribution is 9.10. The second kappa shape index (κ2) is 11.0.